The second-order valence-electron chi connectivity index (χ2n) is 1.34. The van der Waals surface area contributed by atoms with Gasteiger partial charge >= 0.3 is 6.03 Å². The standard InChI is InChI=1S/C2H6N6O3/c3-1(7-8(10)11)5-6-2(4)9/h(H3,3,5,7)(H3,4,6,9). The van der Waals surface area contributed by atoms with Gasteiger partial charge in [0, 0.05) is 0 Å². The number of hydrazine groups is 1. The molecule has 0 fully saturated rings. The Bertz CT molecular complexity index is 198. The van der Waals surface area contributed by atoms with Gasteiger partial charge in [0.25, 0.3) is 5.96 Å². The molecule has 0 rings (SSSR count). The van der Waals surface area contributed by atoms with Crippen LogP contribution in [0.15, 0.2) is 5.10 Å². The molecule has 9 nitrogen and oxygen atoms in total. The van der Waals surface area contributed by atoms with Crippen molar-refractivity contribution in [2.24, 2.45) is 16.6 Å². The van der Waals surface area contributed by atoms with Crippen molar-refractivity contribution in [2.45, 2.75) is 0 Å². The van der Waals surface area contributed by atoms with Crippen molar-refractivity contribution in [2.75, 3.05) is 0 Å². The van der Waals surface area contributed by atoms with E-state index in [1.54, 1.807) is 5.43 Å². The largest absolute Gasteiger partial charge is 0.363 e. The predicted molar refractivity (Wildman–Crippen MR) is 34.5 cm³/mol. The second kappa shape index (κ2) is 3.87. The summed E-state index contributed by atoms with van der Waals surface area (Å²) in [5, 5.41) is 11.2. The van der Waals surface area contributed by atoms with Gasteiger partial charge in [-0.3, -0.25) is 5.43 Å². The molecule has 0 atom stereocenters. The van der Waals surface area contributed by atoms with Crippen LogP contribution in [-0.4, -0.2) is 17.0 Å². The van der Waals surface area contributed by atoms with Crippen LogP contribution in [0.25, 0.3) is 0 Å². The number of rotatable bonds is 1. The molecule has 0 aliphatic carbocycles. The molecule has 62 valence electrons. The Hall–Kier alpha value is -2.06. The zero-order chi connectivity index (χ0) is 8.85. The highest BCUT2D eigenvalue weighted by atomic mass is 16.7. The van der Waals surface area contributed by atoms with Crippen molar-refractivity contribution in [1.29, 1.82) is 0 Å². The summed E-state index contributed by atoms with van der Waals surface area (Å²) in [6.45, 7) is 0. The fourth-order valence-corrected chi connectivity index (χ4v) is 0.239. The van der Waals surface area contributed by atoms with Gasteiger partial charge < -0.3 is 11.5 Å². The number of nitrogens with one attached hydrogen (secondary N) is 2. The monoisotopic (exact) mass is 162 g/mol. The zero-order valence-electron chi connectivity index (χ0n) is 5.27. The summed E-state index contributed by atoms with van der Waals surface area (Å²) in [6.07, 6.45) is 0. The van der Waals surface area contributed by atoms with E-state index in [1.165, 1.54) is 0 Å². The zero-order valence-corrected chi connectivity index (χ0v) is 5.27. The second-order valence-corrected chi connectivity index (χ2v) is 1.34. The Balaban J connectivity index is 3.77. The van der Waals surface area contributed by atoms with Crippen molar-refractivity contribution in [3.63, 3.8) is 0 Å². The first-order valence-corrected chi connectivity index (χ1v) is 2.32. The Kier molecular flexibility index (Phi) is 3.15. The van der Waals surface area contributed by atoms with Crippen LogP contribution < -0.4 is 22.3 Å². The number of hydrogen-bond donors (Lipinski definition) is 4. The lowest BCUT2D eigenvalue weighted by Crippen LogP contribution is -2.48. The lowest BCUT2D eigenvalue weighted by Gasteiger charge is -1.99. The van der Waals surface area contributed by atoms with E-state index in [0.29, 0.717) is 0 Å². The molecule has 0 aromatic heterocycles. The van der Waals surface area contributed by atoms with E-state index in [1.807, 2.05) is 5.43 Å². The Morgan fingerprint density at radius 3 is 2.36 bits per heavy atom. The smallest absolute Gasteiger partial charge is 0.330 e. The molecular formula is C2H6N6O3. The van der Waals surface area contributed by atoms with Gasteiger partial charge in [-0.1, -0.05) is 0 Å². The number of guanidine groups is 1. The molecule has 0 aromatic carbocycles. The van der Waals surface area contributed by atoms with Crippen LogP contribution >= 0.6 is 0 Å². The average molecular weight is 162 g/mol. The minimum Gasteiger partial charge on any atom is -0.363 e. The fraction of sp³-hybridized carbons (Fsp3) is 0. The number of nitro groups is 1. The maximum absolute atomic E-state index is 9.96. The lowest BCUT2D eigenvalue weighted by atomic mass is 11.0. The van der Waals surface area contributed by atoms with E-state index in [2.05, 4.69) is 10.8 Å². The predicted octanol–water partition coefficient (Wildman–Crippen LogP) is -2.33. The number of primary amides is 1. The van der Waals surface area contributed by atoms with Crippen molar-refractivity contribution < 1.29 is 9.83 Å². The van der Waals surface area contributed by atoms with E-state index in [9.17, 15) is 14.9 Å². The van der Waals surface area contributed by atoms with E-state index in [0.717, 1.165) is 0 Å². The normalized spacial score (nSPS) is 10.4. The van der Waals surface area contributed by atoms with E-state index in [4.69, 9.17) is 5.73 Å². The van der Waals surface area contributed by atoms with Gasteiger partial charge in [0.15, 0.2) is 5.03 Å². The first kappa shape index (κ1) is 8.94. The van der Waals surface area contributed by atoms with Crippen LogP contribution in [0.1, 0.15) is 0 Å². The topological polar surface area (TPSA) is 149 Å². The number of carbonyl (C=O) groups is 1. The van der Waals surface area contributed by atoms with Crippen molar-refractivity contribution in [3.05, 3.63) is 10.1 Å². The Labute approximate surface area is 60.5 Å². The highest BCUT2D eigenvalue weighted by molar-refractivity contribution is 5.80. The van der Waals surface area contributed by atoms with Crippen LogP contribution in [0.3, 0.4) is 0 Å². The quantitative estimate of drug-likeness (QED) is 0.147. The van der Waals surface area contributed by atoms with E-state index in [-0.39, 0.29) is 0 Å². The molecule has 0 saturated heterocycles. The number of hydrazone groups is 1. The summed E-state index contributed by atoms with van der Waals surface area (Å²) in [5.41, 5.74) is 13.1. The maximum Gasteiger partial charge on any atom is 0.330 e. The summed E-state index contributed by atoms with van der Waals surface area (Å²) in [5.74, 6) is -0.561. The molecule has 0 radical (unpaired) electrons. The number of nitrogens with zero attached hydrogens (tertiary/aromatic N) is 2. The van der Waals surface area contributed by atoms with E-state index < -0.39 is 17.0 Å². The van der Waals surface area contributed by atoms with Crippen LogP contribution in [0.2, 0.25) is 0 Å². The van der Waals surface area contributed by atoms with Crippen LogP contribution in [0.5, 0.6) is 0 Å². The van der Waals surface area contributed by atoms with Crippen LogP contribution in [-0.2, 0) is 0 Å². The molecule has 0 aliphatic rings. The van der Waals surface area contributed by atoms with Gasteiger partial charge in [-0.05, 0) is 0 Å². The number of carbonyl (C=O) groups excluding carboxylic acids is 1. The molecule has 0 aromatic rings. The number of hydrogen-bond acceptors (Lipinski definition) is 3. The van der Waals surface area contributed by atoms with Gasteiger partial charge in [0.1, 0.15) is 5.10 Å². The van der Waals surface area contributed by atoms with Gasteiger partial charge in [-0.25, -0.2) is 20.3 Å². The average Bonchev–Trinajstić information content (AvgIpc) is 1.82. The lowest BCUT2D eigenvalue weighted by molar-refractivity contribution is -0.485. The van der Waals surface area contributed by atoms with Gasteiger partial charge in [-0.2, -0.15) is 0 Å². The third kappa shape index (κ3) is 5.82. The Morgan fingerprint density at radius 1 is 1.45 bits per heavy atom. The maximum atomic E-state index is 9.96. The molecule has 0 spiro atoms. The summed E-state index contributed by atoms with van der Waals surface area (Å²) < 4.78 is 0. The SMILES string of the molecule is NC(=O)NN/C(N)=N/[N+](=O)[O-]. The third-order valence-electron chi connectivity index (χ3n) is 0.503. The molecule has 9 heteroatoms. The Morgan fingerprint density at radius 2 is 2.00 bits per heavy atom. The van der Waals surface area contributed by atoms with Crippen LogP contribution in [0, 0.1) is 10.1 Å². The van der Waals surface area contributed by atoms with Crippen molar-refractivity contribution >= 4 is 12.0 Å². The molecule has 0 aliphatic heterocycles. The summed E-state index contributed by atoms with van der Waals surface area (Å²) >= 11 is 0. The third-order valence-corrected chi connectivity index (χ3v) is 0.503. The molecule has 0 saturated carbocycles. The molecular weight excluding hydrogens is 156 g/mol. The van der Waals surface area contributed by atoms with Crippen LogP contribution in [0.4, 0.5) is 4.79 Å². The van der Waals surface area contributed by atoms with Crippen molar-refractivity contribution in [3.8, 4) is 0 Å². The molecule has 0 unspecified atom stereocenters. The van der Waals surface area contributed by atoms with Gasteiger partial charge in [0.2, 0.25) is 0 Å². The summed E-state index contributed by atoms with van der Waals surface area (Å²) in [7, 11) is 0. The van der Waals surface area contributed by atoms with Gasteiger partial charge in [-0.15, -0.1) is 0 Å². The first-order chi connectivity index (χ1) is 5.02. The van der Waals surface area contributed by atoms with Crippen molar-refractivity contribution in [1.82, 2.24) is 10.9 Å². The first-order valence-electron chi connectivity index (χ1n) is 2.32. The summed E-state index contributed by atoms with van der Waals surface area (Å²) in [4.78, 5) is 19.6. The summed E-state index contributed by atoms with van der Waals surface area (Å²) in [6, 6.07) is -0.925. The fourth-order valence-electron chi connectivity index (χ4n) is 0.239. The highest BCUT2D eigenvalue weighted by Crippen LogP contribution is 1.65. The minimum atomic E-state index is -1.02. The number of nitrogens with two attached hydrogens (primary N) is 2. The van der Waals surface area contributed by atoms with E-state index >= 15 is 0 Å². The molecule has 11 heavy (non-hydrogen) atoms. The number of urea groups is 1. The number of amides is 2. The minimum absolute atomic E-state index is 0.561. The van der Waals surface area contributed by atoms with Gasteiger partial charge in [0.05, 0.1) is 0 Å². The molecule has 2 amide bonds. The molecule has 6 N–H and O–H groups in total. The highest BCUT2D eigenvalue weighted by Gasteiger charge is 1.97. The molecule has 0 bridgehead atoms. The molecule has 0 heterocycles.